The summed E-state index contributed by atoms with van der Waals surface area (Å²) in [7, 11) is 0. The number of benzene rings is 1. The van der Waals surface area contributed by atoms with E-state index in [9.17, 15) is 9.59 Å². The molecule has 1 amide bonds. The highest BCUT2D eigenvalue weighted by atomic mass is 32.1. The maximum atomic E-state index is 12.4. The van der Waals surface area contributed by atoms with Crippen molar-refractivity contribution in [2.24, 2.45) is 0 Å². The molecule has 7 heteroatoms. The number of thiazole rings is 1. The van der Waals surface area contributed by atoms with Crippen LogP contribution in [-0.2, 0) is 29.1 Å². The molecule has 1 N–H and O–H groups in total. The third-order valence-corrected chi connectivity index (χ3v) is 5.60. The molecule has 0 aliphatic rings. The van der Waals surface area contributed by atoms with Crippen molar-refractivity contribution in [3.8, 4) is 0 Å². The van der Waals surface area contributed by atoms with Gasteiger partial charge in [-0.15, -0.1) is 11.3 Å². The van der Waals surface area contributed by atoms with Crippen LogP contribution >= 0.6 is 11.3 Å². The number of amides is 1. The van der Waals surface area contributed by atoms with Crippen molar-refractivity contribution in [3.05, 3.63) is 68.9 Å². The molecule has 0 unspecified atom stereocenters. The van der Waals surface area contributed by atoms with Crippen LogP contribution in [0.3, 0.4) is 0 Å². The van der Waals surface area contributed by atoms with Gasteiger partial charge in [0.15, 0.2) is 0 Å². The maximum absolute atomic E-state index is 12.4. The largest absolute Gasteiger partial charge is 0.455 e. The van der Waals surface area contributed by atoms with Crippen LogP contribution in [0.25, 0.3) is 0 Å². The van der Waals surface area contributed by atoms with Crippen molar-refractivity contribution in [1.82, 2.24) is 9.55 Å². The number of aromatic nitrogens is 2. The molecule has 3 rings (SSSR count). The zero-order valence-electron chi connectivity index (χ0n) is 17.1. The highest BCUT2D eigenvalue weighted by Gasteiger charge is 2.17. The smallest absolute Gasteiger partial charge is 0.340 e. The van der Waals surface area contributed by atoms with Crippen LogP contribution in [0, 0.1) is 20.8 Å². The summed E-state index contributed by atoms with van der Waals surface area (Å²) >= 11 is 1.38. The van der Waals surface area contributed by atoms with Gasteiger partial charge >= 0.3 is 5.97 Å². The summed E-state index contributed by atoms with van der Waals surface area (Å²) in [5.41, 5.74) is 5.06. The molecule has 0 saturated heterocycles. The standard InChI is InChI=1S/C22H25N3O3S/c1-5-25-15(3)10-19(16(25)4)22(27)28-12-18-13-29-21(24-18)11-20(26)23-17-8-6-14(2)7-9-17/h6-10,13H,5,11-12H2,1-4H3,(H,23,26). The molecule has 3 aromatic rings. The first-order valence-electron chi connectivity index (χ1n) is 9.51. The number of ether oxygens (including phenoxy) is 1. The lowest BCUT2D eigenvalue weighted by molar-refractivity contribution is -0.115. The Kier molecular flexibility index (Phi) is 6.49. The summed E-state index contributed by atoms with van der Waals surface area (Å²) < 4.78 is 7.50. The third kappa shape index (κ3) is 5.12. The zero-order chi connectivity index (χ0) is 21.0. The van der Waals surface area contributed by atoms with Crippen molar-refractivity contribution in [2.75, 3.05) is 5.32 Å². The zero-order valence-corrected chi connectivity index (χ0v) is 17.9. The third-order valence-electron chi connectivity index (χ3n) is 4.71. The van der Waals surface area contributed by atoms with Crippen LogP contribution < -0.4 is 5.32 Å². The second-order valence-corrected chi connectivity index (χ2v) is 7.87. The van der Waals surface area contributed by atoms with E-state index in [0.717, 1.165) is 29.2 Å². The molecule has 0 saturated carbocycles. The summed E-state index contributed by atoms with van der Waals surface area (Å²) in [4.78, 5) is 29.0. The summed E-state index contributed by atoms with van der Waals surface area (Å²) in [5, 5.41) is 5.36. The van der Waals surface area contributed by atoms with Crippen LogP contribution in [0.4, 0.5) is 5.69 Å². The molecule has 6 nitrogen and oxygen atoms in total. The van der Waals surface area contributed by atoms with Gasteiger partial charge in [-0.2, -0.15) is 0 Å². The molecule has 0 atom stereocenters. The number of hydrogen-bond acceptors (Lipinski definition) is 5. The lowest BCUT2D eigenvalue weighted by Crippen LogP contribution is -2.14. The minimum atomic E-state index is -0.357. The molecule has 0 spiro atoms. The Balaban J connectivity index is 1.54. The Morgan fingerprint density at radius 2 is 1.90 bits per heavy atom. The number of hydrogen-bond donors (Lipinski definition) is 1. The average Bonchev–Trinajstić information content (AvgIpc) is 3.25. The van der Waals surface area contributed by atoms with Gasteiger partial charge in [0.05, 0.1) is 17.7 Å². The van der Waals surface area contributed by atoms with E-state index in [1.165, 1.54) is 11.3 Å². The van der Waals surface area contributed by atoms with Gasteiger partial charge in [0.2, 0.25) is 5.91 Å². The predicted molar refractivity (Wildman–Crippen MR) is 114 cm³/mol. The van der Waals surface area contributed by atoms with Crippen molar-refractivity contribution in [3.63, 3.8) is 0 Å². The quantitative estimate of drug-likeness (QED) is 0.584. The van der Waals surface area contributed by atoms with Gasteiger partial charge in [0, 0.05) is 29.0 Å². The fraction of sp³-hybridized carbons (Fsp3) is 0.318. The normalized spacial score (nSPS) is 10.8. The molecule has 152 valence electrons. The molecule has 0 aliphatic carbocycles. The summed E-state index contributed by atoms with van der Waals surface area (Å²) in [5.74, 6) is -0.483. The van der Waals surface area contributed by atoms with Gasteiger partial charge in [-0.25, -0.2) is 9.78 Å². The van der Waals surface area contributed by atoms with Crippen molar-refractivity contribution in [1.29, 1.82) is 0 Å². The van der Waals surface area contributed by atoms with Crippen LogP contribution in [0.2, 0.25) is 0 Å². The van der Waals surface area contributed by atoms with Crippen molar-refractivity contribution < 1.29 is 14.3 Å². The highest BCUT2D eigenvalue weighted by molar-refractivity contribution is 7.09. The second-order valence-electron chi connectivity index (χ2n) is 6.93. The van der Waals surface area contributed by atoms with Gasteiger partial charge in [0.1, 0.15) is 11.6 Å². The lowest BCUT2D eigenvalue weighted by Gasteiger charge is -2.06. The molecule has 0 fully saturated rings. The van der Waals surface area contributed by atoms with E-state index in [-0.39, 0.29) is 24.9 Å². The van der Waals surface area contributed by atoms with Gasteiger partial charge in [0.25, 0.3) is 0 Å². The first-order valence-corrected chi connectivity index (χ1v) is 10.4. The Morgan fingerprint density at radius 1 is 1.17 bits per heavy atom. The number of anilines is 1. The van der Waals surface area contributed by atoms with E-state index in [4.69, 9.17) is 4.74 Å². The van der Waals surface area contributed by atoms with Gasteiger partial charge in [-0.3, -0.25) is 4.79 Å². The predicted octanol–water partition coefficient (Wildman–Crippen LogP) is 4.43. The summed E-state index contributed by atoms with van der Waals surface area (Å²) in [6, 6.07) is 9.49. The number of rotatable bonds is 7. The molecule has 1 aromatic carbocycles. The molecule has 2 aromatic heterocycles. The van der Waals surface area contributed by atoms with E-state index in [1.54, 1.807) is 0 Å². The SMILES string of the molecule is CCn1c(C)cc(C(=O)OCc2csc(CC(=O)Nc3ccc(C)cc3)n2)c1C. The number of nitrogens with zero attached hydrogens (tertiary/aromatic N) is 2. The van der Waals surface area contributed by atoms with Gasteiger partial charge in [-0.1, -0.05) is 17.7 Å². The Morgan fingerprint density at radius 3 is 2.55 bits per heavy atom. The van der Waals surface area contributed by atoms with Crippen LogP contribution in [0.1, 0.15) is 44.9 Å². The van der Waals surface area contributed by atoms with E-state index < -0.39 is 0 Å². The average molecular weight is 412 g/mol. The number of aryl methyl sites for hydroxylation is 2. The van der Waals surface area contributed by atoms with Gasteiger partial charge < -0.3 is 14.6 Å². The van der Waals surface area contributed by atoms with E-state index in [0.29, 0.717) is 16.3 Å². The molecule has 0 bridgehead atoms. The van der Waals surface area contributed by atoms with Crippen LogP contribution in [0.15, 0.2) is 35.7 Å². The minimum absolute atomic E-state index is 0.0880. The van der Waals surface area contributed by atoms with Crippen LogP contribution in [0.5, 0.6) is 0 Å². The molecule has 2 heterocycles. The molecule has 29 heavy (non-hydrogen) atoms. The van der Waals surface area contributed by atoms with Crippen molar-refractivity contribution >= 4 is 28.9 Å². The Hall–Kier alpha value is -2.93. The topological polar surface area (TPSA) is 73.2 Å². The fourth-order valence-corrected chi connectivity index (χ4v) is 3.96. The van der Waals surface area contributed by atoms with E-state index in [2.05, 4.69) is 14.9 Å². The second kappa shape index (κ2) is 9.05. The Bertz CT molecular complexity index is 1020. The van der Waals surface area contributed by atoms with Crippen molar-refractivity contribution in [2.45, 2.75) is 47.3 Å². The lowest BCUT2D eigenvalue weighted by atomic mass is 10.2. The molecular weight excluding hydrogens is 386 g/mol. The number of esters is 1. The fourth-order valence-electron chi connectivity index (χ4n) is 3.19. The summed E-state index contributed by atoms with van der Waals surface area (Å²) in [6.45, 7) is 8.83. The Labute approximate surface area is 174 Å². The number of carbonyl (C=O) groups excluding carboxylic acids is 2. The number of carbonyl (C=O) groups is 2. The monoisotopic (exact) mass is 411 g/mol. The van der Waals surface area contributed by atoms with E-state index >= 15 is 0 Å². The van der Waals surface area contributed by atoms with Crippen LogP contribution in [-0.4, -0.2) is 21.4 Å². The maximum Gasteiger partial charge on any atom is 0.340 e. The highest BCUT2D eigenvalue weighted by Crippen LogP contribution is 2.18. The first-order chi connectivity index (χ1) is 13.9. The molecule has 0 radical (unpaired) electrons. The molecule has 0 aliphatic heterocycles. The molecular formula is C22H25N3O3S. The minimum Gasteiger partial charge on any atom is -0.455 e. The number of nitrogens with one attached hydrogen (secondary N) is 1. The summed E-state index contributed by atoms with van der Waals surface area (Å²) in [6.07, 6.45) is 0.185. The first kappa shape index (κ1) is 20.8. The van der Waals surface area contributed by atoms with E-state index in [1.807, 2.05) is 63.4 Å². The van der Waals surface area contributed by atoms with Gasteiger partial charge in [-0.05, 0) is 45.9 Å².